The molecule has 7 nitrogen and oxygen atoms in total. The van der Waals surface area contributed by atoms with Crippen molar-refractivity contribution >= 4 is 5.65 Å². The van der Waals surface area contributed by atoms with Crippen molar-refractivity contribution in [2.45, 2.75) is 6.54 Å². The highest BCUT2D eigenvalue weighted by Gasteiger charge is 2.05. The van der Waals surface area contributed by atoms with Crippen LogP contribution in [0.25, 0.3) is 5.65 Å². The van der Waals surface area contributed by atoms with Gasteiger partial charge in [0.05, 0.1) is 26.0 Å². The van der Waals surface area contributed by atoms with Crippen molar-refractivity contribution in [1.82, 2.24) is 19.2 Å². The molecule has 0 radical (unpaired) electrons. The molecule has 2 rings (SSSR count). The minimum Gasteiger partial charge on any atom is -0.378 e. The molecule has 0 saturated heterocycles. The average molecular weight is 223 g/mol. The van der Waals surface area contributed by atoms with Crippen molar-refractivity contribution in [1.29, 1.82) is 0 Å². The molecule has 0 saturated carbocycles. The van der Waals surface area contributed by atoms with E-state index < -0.39 is 0 Å². The molecule has 86 valence electrons. The molecular formula is C9H13N5O2. The van der Waals surface area contributed by atoms with Gasteiger partial charge >= 0.3 is 5.69 Å². The van der Waals surface area contributed by atoms with Gasteiger partial charge in [-0.2, -0.15) is 0 Å². The zero-order chi connectivity index (χ0) is 11.4. The molecule has 0 aromatic carbocycles. The fraction of sp³-hybridized carbons (Fsp3) is 0.444. The Bertz CT molecular complexity index is 518. The van der Waals surface area contributed by atoms with Gasteiger partial charge in [0.2, 0.25) is 0 Å². The molecule has 0 aliphatic rings. The van der Waals surface area contributed by atoms with Crippen LogP contribution >= 0.6 is 0 Å². The second kappa shape index (κ2) is 4.86. The third kappa shape index (κ3) is 2.10. The Labute approximate surface area is 91.5 Å². The molecule has 2 heterocycles. The van der Waals surface area contributed by atoms with Gasteiger partial charge in [-0.05, 0) is 0 Å². The normalized spacial score (nSPS) is 11.1. The predicted molar refractivity (Wildman–Crippen MR) is 57.1 cm³/mol. The van der Waals surface area contributed by atoms with Crippen molar-refractivity contribution in [3.05, 3.63) is 29.1 Å². The lowest BCUT2D eigenvalue weighted by atomic mass is 10.6. The highest BCUT2D eigenvalue weighted by molar-refractivity contribution is 5.31. The lowest BCUT2D eigenvalue weighted by Gasteiger charge is -2.00. The van der Waals surface area contributed by atoms with E-state index in [0.717, 1.165) is 0 Å². The van der Waals surface area contributed by atoms with Gasteiger partial charge in [-0.1, -0.05) is 0 Å². The molecule has 0 aliphatic carbocycles. The monoisotopic (exact) mass is 223 g/mol. The lowest BCUT2D eigenvalue weighted by molar-refractivity contribution is 0.130. The summed E-state index contributed by atoms with van der Waals surface area (Å²) in [6, 6.07) is 0. The third-order valence-corrected chi connectivity index (χ3v) is 2.10. The molecule has 7 heteroatoms. The average Bonchev–Trinajstić information content (AvgIpc) is 2.63. The highest BCUT2D eigenvalue weighted by Crippen LogP contribution is 1.91. The van der Waals surface area contributed by atoms with Gasteiger partial charge < -0.3 is 10.5 Å². The van der Waals surface area contributed by atoms with Crippen LogP contribution in [0.2, 0.25) is 0 Å². The number of aromatic nitrogens is 4. The number of hydrogen-bond acceptors (Lipinski definition) is 5. The van der Waals surface area contributed by atoms with Gasteiger partial charge in [0.15, 0.2) is 5.65 Å². The van der Waals surface area contributed by atoms with Crippen molar-refractivity contribution in [2.24, 2.45) is 5.73 Å². The van der Waals surface area contributed by atoms with E-state index in [1.165, 1.54) is 9.08 Å². The summed E-state index contributed by atoms with van der Waals surface area (Å²) < 4.78 is 7.98. The smallest absolute Gasteiger partial charge is 0.350 e. The molecule has 0 aliphatic heterocycles. The minimum atomic E-state index is -0.186. The Morgan fingerprint density at radius 2 is 2.31 bits per heavy atom. The highest BCUT2D eigenvalue weighted by atomic mass is 16.5. The molecule has 2 aromatic heterocycles. The van der Waals surface area contributed by atoms with E-state index in [2.05, 4.69) is 10.1 Å². The van der Waals surface area contributed by atoms with Crippen LogP contribution < -0.4 is 11.4 Å². The Morgan fingerprint density at radius 3 is 3.06 bits per heavy atom. The fourth-order valence-corrected chi connectivity index (χ4v) is 1.36. The first kappa shape index (κ1) is 10.8. The van der Waals surface area contributed by atoms with Crippen molar-refractivity contribution in [2.75, 3.05) is 19.8 Å². The molecule has 0 unspecified atom stereocenters. The predicted octanol–water partition coefficient (Wildman–Crippen LogP) is -1.13. The summed E-state index contributed by atoms with van der Waals surface area (Å²) in [4.78, 5) is 15.6. The maximum absolute atomic E-state index is 11.7. The standard InChI is InChI=1S/C9H13N5O2/c10-1-5-16-6-4-14-9(15)13-3-2-11-7-8(13)12-14/h2-3,7H,1,4-6,10H2. The van der Waals surface area contributed by atoms with Crippen molar-refractivity contribution in [3.63, 3.8) is 0 Å². The largest absolute Gasteiger partial charge is 0.378 e. The molecule has 2 N–H and O–H groups in total. The first-order valence-electron chi connectivity index (χ1n) is 5.00. The Morgan fingerprint density at radius 1 is 1.44 bits per heavy atom. The summed E-state index contributed by atoms with van der Waals surface area (Å²) in [7, 11) is 0. The van der Waals surface area contributed by atoms with Crippen LogP contribution in [0.4, 0.5) is 0 Å². The quantitative estimate of drug-likeness (QED) is 0.648. The van der Waals surface area contributed by atoms with Crippen LogP contribution in [0.3, 0.4) is 0 Å². The summed E-state index contributed by atoms with van der Waals surface area (Å²) in [5.41, 5.74) is 5.62. The van der Waals surface area contributed by atoms with Crippen molar-refractivity contribution in [3.8, 4) is 0 Å². The second-order valence-electron chi connectivity index (χ2n) is 3.21. The van der Waals surface area contributed by atoms with Crippen LogP contribution in [-0.4, -0.2) is 38.9 Å². The number of rotatable bonds is 5. The van der Waals surface area contributed by atoms with Gasteiger partial charge in [0, 0.05) is 18.9 Å². The Kier molecular flexibility index (Phi) is 3.28. The van der Waals surface area contributed by atoms with Crippen LogP contribution in [0.5, 0.6) is 0 Å². The van der Waals surface area contributed by atoms with Gasteiger partial charge in [-0.3, -0.25) is 4.98 Å². The van der Waals surface area contributed by atoms with E-state index in [4.69, 9.17) is 10.5 Å². The molecule has 0 amide bonds. The number of hydrogen-bond donors (Lipinski definition) is 1. The number of ether oxygens (including phenoxy) is 1. The van der Waals surface area contributed by atoms with Crippen LogP contribution in [0, 0.1) is 0 Å². The maximum Gasteiger partial charge on any atom is 0.350 e. The molecule has 0 fully saturated rings. The molecule has 0 atom stereocenters. The van der Waals surface area contributed by atoms with E-state index in [9.17, 15) is 4.79 Å². The Balaban J connectivity index is 2.13. The van der Waals surface area contributed by atoms with Gasteiger partial charge in [-0.25, -0.2) is 13.9 Å². The van der Waals surface area contributed by atoms with Gasteiger partial charge in [-0.15, -0.1) is 5.10 Å². The lowest BCUT2D eigenvalue weighted by Crippen LogP contribution is -2.23. The van der Waals surface area contributed by atoms with Crippen LogP contribution in [0.1, 0.15) is 0 Å². The molecule has 0 spiro atoms. The van der Waals surface area contributed by atoms with E-state index >= 15 is 0 Å². The fourth-order valence-electron chi connectivity index (χ4n) is 1.36. The maximum atomic E-state index is 11.7. The number of fused-ring (bicyclic) bond motifs is 1. The van der Waals surface area contributed by atoms with Crippen molar-refractivity contribution < 1.29 is 4.74 Å². The van der Waals surface area contributed by atoms with E-state index in [1.54, 1.807) is 18.6 Å². The second-order valence-corrected chi connectivity index (χ2v) is 3.21. The zero-order valence-corrected chi connectivity index (χ0v) is 8.74. The third-order valence-electron chi connectivity index (χ3n) is 2.10. The van der Waals surface area contributed by atoms with Crippen LogP contribution in [-0.2, 0) is 11.3 Å². The molecular weight excluding hydrogens is 210 g/mol. The summed E-state index contributed by atoms with van der Waals surface area (Å²) in [6.07, 6.45) is 4.67. The summed E-state index contributed by atoms with van der Waals surface area (Å²) in [5, 5.41) is 4.10. The first-order valence-corrected chi connectivity index (χ1v) is 5.00. The van der Waals surface area contributed by atoms with Gasteiger partial charge in [0.1, 0.15) is 0 Å². The van der Waals surface area contributed by atoms with E-state index in [1.807, 2.05) is 0 Å². The van der Waals surface area contributed by atoms with E-state index in [0.29, 0.717) is 32.0 Å². The molecule has 16 heavy (non-hydrogen) atoms. The minimum absolute atomic E-state index is 0.186. The Hall–Kier alpha value is -1.73. The van der Waals surface area contributed by atoms with Gasteiger partial charge in [0.25, 0.3) is 0 Å². The summed E-state index contributed by atoms with van der Waals surface area (Å²) >= 11 is 0. The molecule has 2 aromatic rings. The molecule has 0 bridgehead atoms. The summed E-state index contributed by atoms with van der Waals surface area (Å²) in [5.74, 6) is 0. The number of nitrogens with zero attached hydrogens (tertiary/aromatic N) is 4. The topological polar surface area (TPSA) is 87.4 Å². The zero-order valence-electron chi connectivity index (χ0n) is 8.74. The van der Waals surface area contributed by atoms with E-state index in [-0.39, 0.29) is 5.69 Å². The SMILES string of the molecule is NCCOCCn1nc2cnccn2c1=O. The first-order chi connectivity index (χ1) is 7.83. The number of nitrogens with two attached hydrogens (primary N) is 1. The van der Waals surface area contributed by atoms with Crippen LogP contribution in [0.15, 0.2) is 23.4 Å². The summed E-state index contributed by atoms with van der Waals surface area (Å²) in [6.45, 7) is 1.81.